The molecule has 0 radical (unpaired) electrons. The van der Waals surface area contributed by atoms with E-state index in [2.05, 4.69) is 5.32 Å². The van der Waals surface area contributed by atoms with Crippen molar-refractivity contribution in [3.05, 3.63) is 38.4 Å². The number of carbonyl (C=O) groups is 1. The zero-order valence-corrected chi connectivity index (χ0v) is 11.7. The molecule has 0 saturated heterocycles. The zero-order valence-electron chi connectivity index (χ0n) is 11.7. The average Bonchev–Trinajstić information content (AvgIpc) is 2.45. The van der Waals surface area contributed by atoms with Crippen molar-refractivity contribution < 1.29 is 14.6 Å². The van der Waals surface area contributed by atoms with Crippen LogP contribution in [0.25, 0.3) is 0 Å². The highest BCUT2D eigenvalue weighted by molar-refractivity contribution is 5.82. The van der Waals surface area contributed by atoms with Crippen LogP contribution in [0.2, 0.25) is 0 Å². The molecule has 0 atom stereocenters. The van der Waals surface area contributed by atoms with Crippen LogP contribution in [0.4, 0.5) is 17.1 Å². The van der Waals surface area contributed by atoms with E-state index < -0.39 is 15.5 Å². The molecule has 0 aliphatic rings. The van der Waals surface area contributed by atoms with Gasteiger partial charge in [0.2, 0.25) is 5.91 Å². The average molecular weight is 296 g/mol. The maximum atomic E-state index is 11.8. The standard InChI is InChI=1S/C12H16N4O5/c1-3-14(4-2)12(17)8-13-10-6-5-9(15(18)19)7-11(10)16(20)21/h5-7,13H,3-4,8H2,1-2H3. The molecule has 0 spiro atoms. The van der Waals surface area contributed by atoms with Gasteiger partial charge in [-0.3, -0.25) is 25.0 Å². The van der Waals surface area contributed by atoms with Crippen LogP contribution >= 0.6 is 0 Å². The van der Waals surface area contributed by atoms with Gasteiger partial charge in [-0.05, 0) is 19.9 Å². The molecule has 21 heavy (non-hydrogen) atoms. The predicted molar refractivity (Wildman–Crippen MR) is 76.2 cm³/mol. The Balaban J connectivity index is 2.91. The van der Waals surface area contributed by atoms with Crippen LogP contribution in [0, 0.1) is 20.2 Å². The molecule has 0 fully saturated rings. The molecule has 114 valence electrons. The fourth-order valence-corrected chi connectivity index (χ4v) is 1.79. The monoisotopic (exact) mass is 296 g/mol. The molecular formula is C12H16N4O5. The molecule has 0 unspecified atom stereocenters. The van der Waals surface area contributed by atoms with Crippen molar-refractivity contribution in [3.8, 4) is 0 Å². The Bertz CT molecular complexity index is 557. The maximum absolute atomic E-state index is 11.8. The van der Waals surface area contributed by atoms with E-state index in [0.29, 0.717) is 13.1 Å². The lowest BCUT2D eigenvalue weighted by atomic mass is 10.2. The number of likely N-dealkylation sites (N-methyl/N-ethyl adjacent to an activating group) is 1. The minimum atomic E-state index is -0.725. The van der Waals surface area contributed by atoms with E-state index in [-0.39, 0.29) is 23.8 Å². The lowest BCUT2D eigenvalue weighted by Gasteiger charge is -2.19. The summed E-state index contributed by atoms with van der Waals surface area (Å²) in [6.45, 7) is 4.63. The van der Waals surface area contributed by atoms with Crippen LogP contribution in [0.15, 0.2) is 18.2 Å². The van der Waals surface area contributed by atoms with Gasteiger partial charge in [0.05, 0.1) is 22.5 Å². The highest BCUT2D eigenvalue weighted by Gasteiger charge is 2.20. The lowest BCUT2D eigenvalue weighted by molar-refractivity contribution is -0.393. The number of nitro groups is 2. The molecule has 0 saturated carbocycles. The van der Waals surface area contributed by atoms with Crippen molar-refractivity contribution in [2.45, 2.75) is 13.8 Å². The first kappa shape index (κ1) is 16.3. The van der Waals surface area contributed by atoms with Gasteiger partial charge in [0.15, 0.2) is 0 Å². The molecule has 1 amide bonds. The van der Waals surface area contributed by atoms with Gasteiger partial charge in [-0.2, -0.15) is 0 Å². The molecule has 1 N–H and O–H groups in total. The minimum Gasteiger partial charge on any atom is -0.371 e. The Hall–Kier alpha value is -2.71. The molecule has 9 nitrogen and oxygen atoms in total. The summed E-state index contributed by atoms with van der Waals surface area (Å²) in [5.74, 6) is -0.201. The number of rotatable bonds is 7. The highest BCUT2D eigenvalue weighted by Crippen LogP contribution is 2.28. The summed E-state index contributed by atoms with van der Waals surface area (Å²) in [6.07, 6.45) is 0. The van der Waals surface area contributed by atoms with E-state index >= 15 is 0 Å². The molecule has 0 aromatic heterocycles. The van der Waals surface area contributed by atoms with E-state index in [0.717, 1.165) is 12.1 Å². The minimum absolute atomic E-state index is 0.0751. The molecule has 1 rings (SSSR count). The maximum Gasteiger partial charge on any atom is 0.299 e. The Morgan fingerprint density at radius 2 is 1.81 bits per heavy atom. The molecule has 1 aromatic carbocycles. The summed E-state index contributed by atoms with van der Waals surface area (Å²) in [6, 6.07) is 3.24. The summed E-state index contributed by atoms with van der Waals surface area (Å²) in [5, 5.41) is 24.2. The number of hydrogen-bond donors (Lipinski definition) is 1. The Morgan fingerprint density at radius 1 is 1.19 bits per heavy atom. The number of nitro benzene ring substituents is 2. The molecule has 0 bridgehead atoms. The van der Waals surface area contributed by atoms with E-state index in [1.165, 1.54) is 6.07 Å². The first-order chi connectivity index (χ1) is 9.90. The van der Waals surface area contributed by atoms with Gasteiger partial charge in [0.25, 0.3) is 11.4 Å². The number of anilines is 1. The Labute approximate surface area is 120 Å². The van der Waals surface area contributed by atoms with Gasteiger partial charge >= 0.3 is 0 Å². The summed E-state index contributed by atoms with van der Waals surface area (Å²) in [4.78, 5) is 33.5. The van der Waals surface area contributed by atoms with Crippen LogP contribution in [-0.2, 0) is 4.79 Å². The first-order valence-corrected chi connectivity index (χ1v) is 6.35. The summed E-state index contributed by atoms with van der Waals surface area (Å²) in [5.41, 5.74) is -0.732. The topological polar surface area (TPSA) is 119 Å². The van der Waals surface area contributed by atoms with E-state index in [1.54, 1.807) is 4.90 Å². The van der Waals surface area contributed by atoms with Crippen molar-refractivity contribution in [1.29, 1.82) is 0 Å². The quantitative estimate of drug-likeness (QED) is 0.605. The largest absolute Gasteiger partial charge is 0.371 e. The zero-order chi connectivity index (χ0) is 16.0. The van der Waals surface area contributed by atoms with Gasteiger partial charge in [-0.1, -0.05) is 0 Å². The molecule has 9 heteroatoms. The third-order valence-corrected chi connectivity index (χ3v) is 2.94. The summed E-state index contributed by atoms with van der Waals surface area (Å²) >= 11 is 0. The van der Waals surface area contributed by atoms with Crippen LogP contribution in [0.1, 0.15) is 13.8 Å². The second-order valence-corrected chi connectivity index (χ2v) is 4.14. The molecule has 0 heterocycles. The number of amides is 1. The van der Waals surface area contributed by atoms with Crippen molar-refractivity contribution in [3.63, 3.8) is 0 Å². The fraction of sp³-hybridized carbons (Fsp3) is 0.417. The SMILES string of the molecule is CCN(CC)C(=O)CNc1ccc([N+](=O)[O-])cc1[N+](=O)[O-]. The first-order valence-electron chi connectivity index (χ1n) is 6.35. The predicted octanol–water partition coefficient (Wildman–Crippen LogP) is 1.78. The second-order valence-electron chi connectivity index (χ2n) is 4.14. The number of benzene rings is 1. The fourth-order valence-electron chi connectivity index (χ4n) is 1.79. The van der Waals surface area contributed by atoms with Gasteiger partial charge in [-0.15, -0.1) is 0 Å². The molecular weight excluding hydrogens is 280 g/mol. The van der Waals surface area contributed by atoms with Crippen molar-refractivity contribution in [2.24, 2.45) is 0 Å². The molecule has 0 aliphatic heterocycles. The Morgan fingerprint density at radius 3 is 2.29 bits per heavy atom. The van der Waals surface area contributed by atoms with Gasteiger partial charge < -0.3 is 10.2 Å². The van der Waals surface area contributed by atoms with Crippen LogP contribution in [0.3, 0.4) is 0 Å². The number of carbonyl (C=O) groups excluding carboxylic acids is 1. The van der Waals surface area contributed by atoms with Crippen LogP contribution in [-0.4, -0.2) is 40.3 Å². The smallest absolute Gasteiger partial charge is 0.299 e. The van der Waals surface area contributed by atoms with Crippen LogP contribution < -0.4 is 5.32 Å². The third-order valence-electron chi connectivity index (χ3n) is 2.94. The van der Waals surface area contributed by atoms with Gasteiger partial charge in [0.1, 0.15) is 5.69 Å². The number of hydrogen-bond acceptors (Lipinski definition) is 6. The van der Waals surface area contributed by atoms with Crippen molar-refractivity contribution >= 4 is 23.0 Å². The van der Waals surface area contributed by atoms with Crippen LogP contribution in [0.5, 0.6) is 0 Å². The van der Waals surface area contributed by atoms with E-state index in [1.807, 2.05) is 13.8 Å². The van der Waals surface area contributed by atoms with Crippen molar-refractivity contribution in [2.75, 3.05) is 25.0 Å². The number of non-ortho nitro benzene ring substituents is 1. The highest BCUT2D eigenvalue weighted by atomic mass is 16.6. The lowest BCUT2D eigenvalue weighted by Crippen LogP contribution is -2.35. The Kier molecular flexibility index (Phi) is 5.58. The normalized spacial score (nSPS) is 10.0. The summed E-state index contributed by atoms with van der Waals surface area (Å²) in [7, 11) is 0. The molecule has 0 aliphatic carbocycles. The molecule has 1 aromatic rings. The third kappa shape index (κ3) is 4.13. The number of nitrogens with one attached hydrogen (secondary N) is 1. The van der Waals surface area contributed by atoms with Gasteiger partial charge in [0, 0.05) is 19.2 Å². The van der Waals surface area contributed by atoms with Gasteiger partial charge in [-0.25, -0.2) is 0 Å². The number of nitrogens with zero attached hydrogens (tertiary/aromatic N) is 3. The summed E-state index contributed by atoms with van der Waals surface area (Å²) < 4.78 is 0. The van der Waals surface area contributed by atoms with Crippen molar-refractivity contribution in [1.82, 2.24) is 4.90 Å². The second kappa shape index (κ2) is 7.17. The van der Waals surface area contributed by atoms with E-state index in [4.69, 9.17) is 0 Å². The van der Waals surface area contributed by atoms with E-state index in [9.17, 15) is 25.0 Å².